The molecule has 114 valence electrons. The molecule has 2 heterocycles. The lowest BCUT2D eigenvalue weighted by atomic mass is 10.1. The number of hydrogen-bond donors (Lipinski definition) is 2. The fourth-order valence-electron chi connectivity index (χ4n) is 1.56. The number of hydrogen-bond acceptors (Lipinski definition) is 7. The number of rotatable bonds is 6. The average Bonchev–Trinajstić information content (AvgIpc) is 2.96. The van der Waals surface area contributed by atoms with Gasteiger partial charge in [-0.1, -0.05) is 25.2 Å². The fourth-order valence-corrected chi connectivity index (χ4v) is 5.00. The van der Waals surface area contributed by atoms with Gasteiger partial charge in [0.25, 0.3) is 10.0 Å². The molecule has 0 aliphatic carbocycles. The lowest BCUT2D eigenvalue weighted by Crippen LogP contribution is -2.15. The minimum Gasteiger partial charge on any atom is -0.477 e. The van der Waals surface area contributed by atoms with Gasteiger partial charge in [-0.05, 0) is 17.4 Å². The van der Waals surface area contributed by atoms with Gasteiger partial charge < -0.3 is 5.11 Å². The van der Waals surface area contributed by atoms with Gasteiger partial charge in [-0.3, -0.25) is 4.72 Å². The Hall–Kier alpha value is -1.52. The number of aromatic nitrogens is 2. The van der Waals surface area contributed by atoms with Crippen molar-refractivity contribution in [2.24, 2.45) is 5.92 Å². The van der Waals surface area contributed by atoms with E-state index in [1.165, 1.54) is 11.4 Å². The molecule has 0 saturated carbocycles. The fraction of sp³-hybridized carbons (Fsp3) is 0.364. The molecule has 0 unspecified atom stereocenters. The second kappa shape index (κ2) is 6.08. The van der Waals surface area contributed by atoms with E-state index >= 15 is 0 Å². The van der Waals surface area contributed by atoms with Crippen molar-refractivity contribution in [3.63, 3.8) is 0 Å². The first-order chi connectivity index (χ1) is 9.79. The molecule has 2 rings (SSSR count). The second-order valence-electron chi connectivity index (χ2n) is 4.62. The van der Waals surface area contributed by atoms with Gasteiger partial charge >= 0.3 is 5.97 Å². The Bertz CT molecular complexity index is 748. The summed E-state index contributed by atoms with van der Waals surface area (Å²) < 4.78 is 26.7. The topological polar surface area (TPSA) is 109 Å². The van der Waals surface area contributed by atoms with Crippen LogP contribution in [0.15, 0.2) is 16.3 Å². The van der Waals surface area contributed by atoms with E-state index in [0.717, 1.165) is 27.7 Å². The van der Waals surface area contributed by atoms with Crippen molar-refractivity contribution in [3.8, 4) is 0 Å². The van der Waals surface area contributed by atoms with Crippen molar-refractivity contribution in [2.75, 3.05) is 4.72 Å². The molecule has 0 aliphatic heterocycles. The minimum atomic E-state index is -3.97. The highest BCUT2D eigenvalue weighted by Crippen LogP contribution is 2.26. The Morgan fingerprint density at radius 3 is 2.76 bits per heavy atom. The molecule has 21 heavy (non-hydrogen) atoms. The maximum Gasteiger partial charge on any atom is 0.347 e. The maximum atomic E-state index is 12.2. The Labute approximate surface area is 129 Å². The number of nitrogens with one attached hydrogen (secondary N) is 1. The summed E-state index contributed by atoms with van der Waals surface area (Å²) in [7, 11) is -3.97. The predicted octanol–water partition coefficient (Wildman–Crippen LogP) is 2.30. The average molecular weight is 347 g/mol. The molecule has 0 radical (unpaired) electrons. The van der Waals surface area contributed by atoms with Crippen LogP contribution in [0.3, 0.4) is 0 Å². The van der Waals surface area contributed by atoms with Crippen LogP contribution in [0.25, 0.3) is 0 Å². The normalized spacial score (nSPS) is 11.8. The third kappa shape index (κ3) is 3.77. The minimum absolute atomic E-state index is 0.133. The highest BCUT2D eigenvalue weighted by molar-refractivity contribution is 7.93. The van der Waals surface area contributed by atoms with E-state index < -0.39 is 16.0 Å². The van der Waals surface area contributed by atoms with E-state index in [2.05, 4.69) is 14.9 Å². The standard InChI is InChI=1S/C11H13N3O4S3/c1-6(2)5-8-12-13-11(20-8)14-21(17,18)7-3-4-19-9(7)10(15)16/h3-4,6H,5H2,1-2H3,(H,13,14)(H,15,16). The summed E-state index contributed by atoms with van der Waals surface area (Å²) in [6.45, 7) is 4.05. The first kappa shape index (κ1) is 15.9. The number of aromatic carboxylic acids is 1. The number of nitrogens with zero attached hydrogens (tertiary/aromatic N) is 2. The van der Waals surface area contributed by atoms with Crippen LogP contribution in [0.1, 0.15) is 28.5 Å². The summed E-state index contributed by atoms with van der Waals surface area (Å²) in [6.07, 6.45) is 0.707. The van der Waals surface area contributed by atoms with Crippen molar-refractivity contribution in [2.45, 2.75) is 25.2 Å². The molecule has 0 amide bonds. The second-order valence-corrected chi connectivity index (χ2v) is 8.25. The highest BCUT2D eigenvalue weighted by atomic mass is 32.2. The van der Waals surface area contributed by atoms with Crippen LogP contribution in [0, 0.1) is 5.92 Å². The summed E-state index contributed by atoms with van der Waals surface area (Å²) >= 11 is 2.00. The predicted molar refractivity (Wildman–Crippen MR) is 80.5 cm³/mol. The molecule has 0 saturated heterocycles. The monoisotopic (exact) mass is 347 g/mol. The van der Waals surface area contributed by atoms with Crippen LogP contribution in [-0.2, 0) is 16.4 Å². The molecule has 0 atom stereocenters. The molecule has 2 N–H and O–H groups in total. The van der Waals surface area contributed by atoms with Crippen molar-refractivity contribution >= 4 is 43.8 Å². The Balaban J connectivity index is 2.23. The van der Waals surface area contributed by atoms with Gasteiger partial charge in [0.1, 0.15) is 14.8 Å². The van der Waals surface area contributed by atoms with Crippen molar-refractivity contribution in [1.82, 2.24) is 10.2 Å². The molecule has 2 aromatic heterocycles. The van der Waals surface area contributed by atoms with E-state index in [1.807, 2.05) is 13.8 Å². The van der Waals surface area contributed by atoms with Crippen LogP contribution < -0.4 is 4.72 Å². The highest BCUT2D eigenvalue weighted by Gasteiger charge is 2.25. The van der Waals surface area contributed by atoms with E-state index in [9.17, 15) is 13.2 Å². The first-order valence-corrected chi connectivity index (χ1v) is 9.13. The van der Waals surface area contributed by atoms with Gasteiger partial charge in [-0.25, -0.2) is 13.2 Å². The van der Waals surface area contributed by atoms with E-state index in [-0.39, 0.29) is 14.9 Å². The van der Waals surface area contributed by atoms with Crippen LogP contribution >= 0.6 is 22.7 Å². The van der Waals surface area contributed by atoms with Crippen molar-refractivity contribution in [3.05, 3.63) is 21.3 Å². The lowest BCUT2D eigenvalue weighted by Gasteiger charge is -2.03. The first-order valence-electron chi connectivity index (χ1n) is 5.95. The Kier molecular flexibility index (Phi) is 4.59. The zero-order valence-electron chi connectivity index (χ0n) is 11.2. The van der Waals surface area contributed by atoms with Crippen molar-refractivity contribution in [1.29, 1.82) is 0 Å². The summed E-state index contributed by atoms with van der Waals surface area (Å²) in [6, 6.07) is 1.26. The summed E-state index contributed by atoms with van der Waals surface area (Å²) in [4.78, 5) is 10.5. The van der Waals surface area contributed by atoms with Crippen LogP contribution in [-0.4, -0.2) is 29.7 Å². The molecule has 7 nitrogen and oxygen atoms in total. The molecule has 0 aliphatic rings. The lowest BCUT2D eigenvalue weighted by molar-refractivity contribution is 0.0698. The Morgan fingerprint density at radius 2 is 2.14 bits per heavy atom. The number of anilines is 1. The quantitative estimate of drug-likeness (QED) is 0.830. The van der Waals surface area contributed by atoms with Gasteiger partial charge in [0, 0.05) is 6.42 Å². The van der Waals surface area contributed by atoms with E-state index in [0.29, 0.717) is 12.3 Å². The zero-order valence-corrected chi connectivity index (χ0v) is 13.7. The van der Waals surface area contributed by atoms with Gasteiger partial charge in [0.2, 0.25) is 5.13 Å². The van der Waals surface area contributed by atoms with Gasteiger partial charge in [-0.15, -0.1) is 21.5 Å². The Morgan fingerprint density at radius 1 is 1.43 bits per heavy atom. The summed E-state index contributed by atoms with van der Waals surface area (Å²) in [5.74, 6) is -0.888. The molecule has 10 heteroatoms. The van der Waals surface area contributed by atoms with Crippen LogP contribution in [0.2, 0.25) is 0 Å². The van der Waals surface area contributed by atoms with Gasteiger partial charge in [-0.2, -0.15) is 0 Å². The molecule has 0 spiro atoms. The molecule has 0 bridgehead atoms. The summed E-state index contributed by atoms with van der Waals surface area (Å²) in [5.41, 5.74) is 0. The SMILES string of the molecule is CC(C)Cc1nnc(NS(=O)(=O)c2ccsc2C(=O)O)s1. The number of sulfonamides is 1. The smallest absolute Gasteiger partial charge is 0.347 e. The van der Waals surface area contributed by atoms with Gasteiger partial charge in [0.05, 0.1) is 0 Å². The third-order valence-electron chi connectivity index (χ3n) is 2.38. The maximum absolute atomic E-state index is 12.2. The molecule has 0 fully saturated rings. The van der Waals surface area contributed by atoms with Crippen LogP contribution in [0.5, 0.6) is 0 Å². The van der Waals surface area contributed by atoms with Gasteiger partial charge in [0.15, 0.2) is 0 Å². The zero-order chi connectivity index (χ0) is 15.6. The number of carboxylic acid groups (broad SMARTS) is 1. The van der Waals surface area contributed by atoms with E-state index in [4.69, 9.17) is 5.11 Å². The van der Waals surface area contributed by atoms with Crippen molar-refractivity contribution < 1.29 is 18.3 Å². The number of thiophene rings is 1. The van der Waals surface area contributed by atoms with E-state index in [1.54, 1.807) is 0 Å². The molecule has 0 aromatic carbocycles. The molecule has 2 aromatic rings. The number of carboxylic acids is 1. The largest absolute Gasteiger partial charge is 0.477 e. The third-order valence-corrected chi connectivity index (χ3v) is 5.79. The summed E-state index contributed by atoms with van der Waals surface area (Å²) in [5, 5.41) is 18.9. The molecular weight excluding hydrogens is 334 g/mol. The number of carbonyl (C=O) groups is 1. The molecular formula is C11H13N3O4S3. The van der Waals surface area contributed by atoms with Crippen LogP contribution in [0.4, 0.5) is 5.13 Å².